The number of aromatic nitrogens is 1. The molecule has 260 valence electrons. The summed E-state index contributed by atoms with van der Waals surface area (Å²) < 4.78 is 25.7. The number of allylic oxidation sites excluding steroid dienone is 2. The van der Waals surface area contributed by atoms with Crippen molar-refractivity contribution in [3.8, 4) is 0 Å². The first kappa shape index (κ1) is 42.0. The molecule has 2 aromatic carbocycles. The van der Waals surface area contributed by atoms with Gasteiger partial charge in [-0.2, -0.15) is 0 Å². The average Bonchev–Trinajstić information content (AvgIpc) is 3.55. The number of benzene rings is 2. The van der Waals surface area contributed by atoms with Crippen molar-refractivity contribution < 1.29 is 8.78 Å². The minimum atomic E-state index is -2.81. The number of H-pyrrole nitrogens is 1. The first-order chi connectivity index (χ1) is 22.4. The van der Waals surface area contributed by atoms with Gasteiger partial charge in [-0.25, -0.2) is 8.78 Å². The molecule has 0 saturated carbocycles. The minimum Gasteiger partial charge on any atom is -0.364 e. The van der Waals surface area contributed by atoms with Crippen LogP contribution in [0.5, 0.6) is 0 Å². The number of nitrogens with zero attached hydrogens (tertiary/aromatic N) is 1. The zero-order chi connectivity index (χ0) is 35.4. The summed E-state index contributed by atoms with van der Waals surface area (Å²) in [6.07, 6.45) is 16.5. The number of nitrogens with one attached hydrogen (secondary N) is 1. The third kappa shape index (κ3) is 14.8. The first-order valence-corrected chi connectivity index (χ1v) is 18.0. The second kappa shape index (κ2) is 22.6. The van der Waals surface area contributed by atoms with E-state index in [1.54, 1.807) is 19.2 Å². The fraction of sp³-hybridized carbons (Fsp3) is 0.500. The Balaban J connectivity index is 0.000000475. The van der Waals surface area contributed by atoms with Gasteiger partial charge in [0.1, 0.15) is 0 Å². The molecule has 2 atom stereocenters. The van der Waals surface area contributed by atoms with Crippen LogP contribution in [0.4, 0.5) is 8.78 Å². The normalized spacial score (nSPS) is 13.2. The quantitative estimate of drug-likeness (QED) is 0.123. The molecule has 0 saturated heterocycles. The van der Waals surface area contributed by atoms with E-state index in [0.29, 0.717) is 22.4 Å². The molecule has 3 rings (SSSR count). The van der Waals surface area contributed by atoms with Crippen molar-refractivity contribution in [3.05, 3.63) is 118 Å². The van der Waals surface area contributed by atoms with Crippen molar-refractivity contribution in [2.45, 2.75) is 138 Å². The van der Waals surface area contributed by atoms with E-state index in [1.807, 2.05) is 0 Å². The second-order valence-electron chi connectivity index (χ2n) is 12.5. The number of hydrogen-bond acceptors (Lipinski definition) is 1. The largest absolute Gasteiger partial charge is 0.364 e. The van der Waals surface area contributed by atoms with Crippen LogP contribution in [0.1, 0.15) is 152 Å². The van der Waals surface area contributed by atoms with E-state index in [9.17, 15) is 8.78 Å². The summed E-state index contributed by atoms with van der Waals surface area (Å²) >= 11 is 5.69. The standard InChI is InChI=1S/C26H38N2.C9H9ClF2.C7H14/c1-6-10-13-22(23-14-11-12-21(8-3)19-23)15-16-25(27-9-4)24-17-18-28-26(24)20(5)7-2;1-6-7(9(2,11)12)4-3-5-8(6)10;1-4-6-7(3)5-2/h9,11-12,14,17-20,22,28H,4,6-8,10,13,15-16H2,1-3,5H3;3-5H,1-2H3;6H,4-5H2,1-3H3/b;;7-6+. The molecule has 0 aliphatic carbocycles. The van der Waals surface area contributed by atoms with Crippen molar-refractivity contribution in [1.29, 1.82) is 0 Å². The van der Waals surface area contributed by atoms with Crippen molar-refractivity contribution in [1.82, 2.24) is 4.98 Å². The molecular weight excluding hydrogens is 606 g/mol. The molecule has 1 heterocycles. The van der Waals surface area contributed by atoms with E-state index in [1.165, 1.54) is 77.9 Å². The van der Waals surface area contributed by atoms with Crippen LogP contribution in [-0.2, 0) is 12.3 Å². The van der Waals surface area contributed by atoms with Crippen LogP contribution in [0.25, 0.3) is 0 Å². The fourth-order valence-corrected chi connectivity index (χ4v) is 5.68. The molecule has 0 aliphatic heterocycles. The van der Waals surface area contributed by atoms with Crippen LogP contribution in [-0.4, -0.2) is 10.7 Å². The van der Waals surface area contributed by atoms with Crippen molar-refractivity contribution in [2.24, 2.45) is 4.99 Å². The molecule has 47 heavy (non-hydrogen) atoms. The topological polar surface area (TPSA) is 28.1 Å². The number of rotatable bonds is 15. The summed E-state index contributed by atoms with van der Waals surface area (Å²) in [7, 11) is 0. The van der Waals surface area contributed by atoms with Gasteiger partial charge in [0.25, 0.3) is 5.92 Å². The Labute approximate surface area is 290 Å². The summed E-state index contributed by atoms with van der Waals surface area (Å²) in [6, 6.07) is 15.9. The Kier molecular flexibility index (Phi) is 20.2. The molecule has 0 spiro atoms. The Morgan fingerprint density at radius 2 is 1.74 bits per heavy atom. The Morgan fingerprint density at radius 1 is 1.04 bits per heavy atom. The third-order valence-electron chi connectivity index (χ3n) is 8.76. The highest BCUT2D eigenvalue weighted by molar-refractivity contribution is 6.31. The van der Waals surface area contributed by atoms with Crippen molar-refractivity contribution in [3.63, 3.8) is 0 Å². The molecule has 2 unspecified atom stereocenters. The minimum absolute atomic E-state index is 0.00463. The van der Waals surface area contributed by atoms with Gasteiger partial charge in [-0.15, -0.1) is 0 Å². The van der Waals surface area contributed by atoms with Gasteiger partial charge in [-0.3, -0.25) is 4.99 Å². The molecule has 0 amide bonds. The Bertz CT molecular complexity index is 1380. The summed E-state index contributed by atoms with van der Waals surface area (Å²) in [5.74, 6) is -1.71. The lowest BCUT2D eigenvalue weighted by atomic mass is 9.86. The van der Waals surface area contributed by atoms with Crippen molar-refractivity contribution in [2.75, 3.05) is 0 Å². The monoisotopic (exact) mass is 666 g/mol. The summed E-state index contributed by atoms with van der Waals surface area (Å²) in [4.78, 5) is 8.13. The van der Waals surface area contributed by atoms with Crippen LogP contribution >= 0.6 is 11.6 Å². The number of halogens is 3. The first-order valence-electron chi connectivity index (χ1n) is 17.6. The molecule has 0 aliphatic rings. The lowest BCUT2D eigenvalue weighted by Crippen LogP contribution is -2.09. The Hall–Kier alpha value is -2.98. The van der Waals surface area contributed by atoms with Gasteiger partial charge in [0.05, 0.1) is 0 Å². The van der Waals surface area contributed by atoms with E-state index in [0.717, 1.165) is 32.6 Å². The lowest BCUT2D eigenvalue weighted by molar-refractivity contribution is 0.0168. The van der Waals surface area contributed by atoms with Gasteiger partial charge in [-0.05, 0) is 99.5 Å². The number of aromatic amines is 1. The molecule has 5 heteroatoms. The van der Waals surface area contributed by atoms with Gasteiger partial charge >= 0.3 is 0 Å². The van der Waals surface area contributed by atoms with E-state index in [4.69, 9.17) is 11.6 Å². The van der Waals surface area contributed by atoms with E-state index < -0.39 is 5.92 Å². The maximum absolute atomic E-state index is 12.8. The smallest absolute Gasteiger partial charge is 0.270 e. The SMILES string of the molecule is C=CN=C(CCC(CCCC)c1cccc(CC)c1)c1cc[nH]c1C(C)CC.CC/C=C(\C)CC.Cc1c(Cl)cccc1C(C)(F)F. The highest BCUT2D eigenvalue weighted by atomic mass is 35.5. The highest BCUT2D eigenvalue weighted by Crippen LogP contribution is 2.33. The zero-order valence-corrected chi connectivity index (χ0v) is 31.4. The molecule has 3 aromatic rings. The molecule has 0 radical (unpaired) electrons. The zero-order valence-electron chi connectivity index (χ0n) is 30.7. The number of unbranched alkanes of at least 4 members (excludes halogenated alkanes) is 1. The highest BCUT2D eigenvalue weighted by Gasteiger charge is 2.26. The number of hydrogen-bond donors (Lipinski definition) is 1. The van der Waals surface area contributed by atoms with E-state index in [-0.39, 0.29) is 5.56 Å². The molecular formula is C42H61ClF2N2. The van der Waals surface area contributed by atoms with Gasteiger partial charge in [0, 0.05) is 46.9 Å². The number of alkyl halides is 2. The predicted molar refractivity (Wildman–Crippen MR) is 204 cm³/mol. The number of aliphatic imine (C=N–C) groups is 1. The van der Waals surface area contributed by atoms with Crippen LogP contribution in [0, 0.1) is 6.92 Å². The van der Waals surface area contributed by atoms with E-state index >= 15 is 0 Å². The fourth-order valence-electron chi connectivity index (χ4n) is 5.51. The average molecular weight is 667 g/mol. The molecule has 1 N–H and O–H groups in total. The van der Waals surface area contributed by atoms with Crippen LogP contribution < -0.4 is 0 Å². The van der Waals surface area contributed by atoms with Crippen LogP contribution in [0.3, 0.4) is 0 Å². The summed E-state index contributed by atoms with van der Waals surface area (Å²) in [5.41, 5.74) is 8.61. The van der Waals surface area contributed by atoms with Crippen LogP contribution in [0.15, 0.2) is 84.1 Å². The maximum atomic E-state index is 12.8. The second-order valence-corrected chi connectivity index (χ2v) is 12.9. The lowest BCUT2D eigenvalue weighted by Gasteiger charge is -2.19. The summed E-state index contributed by atoms with van der Waals surface area (Å²) in [6.45, 7) is 21.9. The van der Waals surface area contributed by atoms with Crippen LogP contribution in [0.2, 0.25) is 5.02 Å². The molecule has 0 bridgehead atoms. The van der Waals surface area contributed by atoms with Crippen molar-refractivity contribution >= 4 is 17.3 Å². The maximum Gasteiger partial charge on any atom is 0.270 e. The predicted octanol–water partition coefficient (Wildman–Crippen LogP) is 14.3. The molecule has 0 fully saturated rings. The number of aryl methyl sites for hydroxylation is 1. The molecule has 2 nitrogen and oxygen atoms in total. The molecule has 1 aromatic heterocycles. The van der Waals surface area contributed by atoms with Gasteiger partial charge < -0.3 is 4.98 Å². The third-order valence-corrected chi connectivity index (χ3v) is 9.17. The van der Waals surface area contributed by atoms with Gasteiger partial charge in [0.15, 0.2) is 0 Å². The summed E-state index contributed by atoms with van der Waals surface area (Å²) in [5, 5.41) is 0.383. The van der Waals surface area contributed by atoms with Gasteiger partial charge in [0.2, 0.25) is 0 Å². The van der Waals surface area contributed by atoms with E-state index in [2.05, 4.69) is 108 Å². The Morgan fingerprint density at radius 3 is 2.28 bits per heavy atom. The van der Waals surface area contributed by atoms with Gasteiger partial charge in [-0.1, -0.05) is 121 Å².